The number of hydrogen-bond acceptors (Lipinski definition) is 7. The van der Waals surface area contributed by atoms with Gasteiger partial charge in [0.15, 0.2) is 5.82 Å². The van der Waals surface area contributed by atoms with Crippen molar-refractivity contribution in [1.82, 2.24) is 15.5 Å². The molecule has 1 heterocycles. The molecular weight excluding hydrogens is 401 g/mol. The van der Waals surface area contributed by atoms with E-state index in [1.165, 1.54) is 6.07 Å². The molecule has 0 aliphatic carbocycles. The van der Waals surface area contributed by atoms with E-state index in [2.05, 4.69) is 20.5 Å². The zero-order valence-electron chi connectivity index (χ0n) is 18.9. The summed E-state index contributed by atoms with van der Waals surface area (Å²) in [6, 6.07) is 4.51. The molecule has 2 rings (SSSR count). The van der Waals surface area contributed by atoms with Crippen LogP contribution in [0.5, 0.6) is 5.75 Å². The zero-order chi connectivity index (χ0) is 23.2. The number of nitrogens with two attached hydrogens (primary N) is 1. The molecule has 0 unspecified atom stereocenters. The van der Waals surface area contributed by atoms with Crippen LogP contribution in [0.25, 0.3) is 0 Å². The first-order valence-electron chi connectivity index (χ1n) is 10.1. The lowest BCUT2D eigenvalue weighted by Gasteiger charge is -2.19. The summed E-state index contributed by atoms with van der Waals surface area (Å²) in [5, 5.41) is 11.0. The number of nitrogen functional groups attached to an aromatic ring is 1. The quantitative estimate of drug-likeness (QED) is 0.638. The second kappa shape index (κ2) is 10.2. The molecule has 1 aromatic carbocycles. The Morgan fingerprint density at radius 1 is 1.29 bits per heavy atom. The van der Waals surface area contributed by atoms with Gasteiger partial charge in [0.1, 0.15) is 11.4 Å². The van der Waals surface area contributed by atoms with Crippen LogP contribution in [-0.2, 0) is 11.2 Å². The second-order valence-corrected chi connectivity index (χ2v) is 7.94. The van der Waals surface area contributed by atoms with Crippen LogP contribution in [-0.4, -0.2) is 40.8 Å². The fourth-order valence-electron chi connectivity index (χ4n) is 2.89. The summed E-state index contributed by atoms with van der Waals surface area (Å²) in [7, 11) is 0. The van der Waals surface area contributed by atoms with E-state index in [1.807, 2.05) is 6.92 Å². The molecule has 3 N–H and O–H groups in total. The number of carbonyl (C=O) groups is 1. The Labute approximate surface area is 182 Å². The average molecular weight is 432 g/mol. The molecule has 0 saturated carbocycles. The van der Waals surface area contributed by atoms with Crippen LogP contribution < -0.4 is 15.8 Å². The van der Waals surface area contributed by atoms with Gasteiger partial charge in [-0.25, -0.2) is 14.2 Å². The number of carbonyl (C=O) groups excluding carboxylic acids is 1. The van der Waals surface area contributed by atoms with Crippen molar-refractivity contribution >= 4 is 23.2 Å². The number of nitrogens with zero attached hydrogens (tertiary/aromatic N) is 3. The van der Waals surface area contributed by atoms with E-state index >= 15 is 0 Å². The predicted octanol–water partition coefficient (Wildman–Crippen LogP) is 4.11. The normalized spacial score (nSPS) is 11.9. The van der Waals surface area contributed by atoms with Gasteiger partial charge in [-0.1, -0.05) is 0 Å². The number of benzene rings is 1. The first kappa shape index (κ1) is 24.0. The molecule has 0 fully saturated rings. The van der Waals surface area contributed by atoms with E-state index in [9.17, 15) is 9.18 Å². The summed E-state index contributed by atoms with van der Waals surface area (Å²) in [6.45, 7) is 11.4. The van der Waals surface area contributed by atoms with Crippen LogP contribution >= 0.6 is 0 Å². The number of amides is 1. The molecule has 0 atom stereocenters. The molecule has 9 heteroatoms. The molecule has 0 radical (unpaired) electrons. The Kier molecular flexibility index (Phi) is 7.90. The minimum Gasteiger partial charge on any atom is -0.494 e. The number of halogens is 1. The van der Waals surface area contributed by atoms with Crippen molar-refractivity contribution in [1.29, 1.82) is 0 Å². The third-order valence-corrected chi connectivity index (χ3v) is 4.17. The third-order valence-electron chi connectivity index (χ3n) is 4.17. The molecule has 168 valence electrons. The number of aromatic nitrogens is 2. The molecule has 2 aromatic rings. The maximum Gasteiger partial charge on any atom is 0.407 e. The fraction of sp³-hybridized carbons (Fsp3) is 0.455. The first-order chi connectivity index (χ1) is 14.5. The SMILES string of the molecule is CCOc1ccc(N=C(C)c2c(C)nnc(CCNC(=O)OC(C)(C)C)c2N)c(F)c1. The molecule has 31 heavy (non-hydrogen) atoms. The van der Waals surface area contributed by atoms with Crippen molar-refractivity contribution in [3.8, 4) is 5.75 Å². The third kappa shape index (κ3) is 6.91. The molecule has 0 spiro atoms. The zero-order valence-corrected chi connectivity index (χ0v) is 18.9. The van der Waals surface area contributed by atoms with Gasteiger partial charge in [-0.05, 0) is 53.7 Å². The monoisotopic (exact) mass is 431 g/mol. The van der Waals surface area contributed by atoms with Crippen molar-refractivity contribution in [2.45, 2.75) is 53.6 Å². The highest BCUT2D eigenvalue weighted by molar-refractivity contribution is 6.05. The lowest BCUT2D eigenvalue weighted by molar-refractivity contribution is 0.0528. The number of aliphatic imine (C=N–C) groups is 1. The Bertz CT molecular complexity index is 970. The second-order valence-electron chi connectivity index (χ2n) is 7.94. The molecular formula is C22H30FN5O3. The fourth-order valence-corrected chi connectivity index (χ4v) is 2.89. The molecule has 1 aromatic heterocycles. The number of nitrogens with one attached hydrogen (secondary N) is 1. The van der Waals surface area contributed by atoms with E-state index in [1.54, 1.807) is 46.8 Å². The Morgan fingerprint density at radius 2 is 2.00 bits per heavy atom. The summed E-state index contributed by atoms with van der Waals surface area (Å²) in [6.07, 6.45) is -0.161. The largest absolute Gasteiger partial charge is 0.494 e. The summed E-state index contributed by atoms with van der Waals surface area (Å²) >= 11 is 0. The minimum atomic E-state index is -0.580. The van der Waals surface area contributed by atoms with E-state index in [0.29, 0.717) is 47.1 Å². The number of hydrogen-bond donors (Lipinski definition) is 2. The van der Waals surface area contributed by atoms with Crippen LogP contribution in [0.3, 0.4) is 0 Å². The average Bonchev–Trinajstić information content (AvgIpc) is 2.64. The predicted molar refractivity (Wildman–Crippen MR) is 119 cm³/mol. The summed E-state index contributed by atoms with van der Waals surface area (Å²) in [5.41, 5.74) is 8.50. The van der Waals surface area contributed by atoms with Crippen LogP contribution in [0.1, 0.15) is 51.6 Å². The smallest absolute Gasteiger partial charge is 0.407 e. The highest BCUT2D eigenvalue weighted by Crippen LogP contribution is 2.26. The van der Waals surface area contributed by atoms with E-state index in [0.717, 1.165) is 0 Å². The Balaban J connectivity index is 2.20. The van der Waals surface area contributed by atoms with Gasteiger partial charge in [-0.3, -0.25) is 0 Å². The lowest BCUT2D eigenvalue weighted by atomic mass is 10.1. The maximum absolute atomic E-state index is 14.4. The minimum absolute atomic E-state index is 0.171. The highest BCUT2D eigenvalue weighted by atomic mass is 19.1. The Morgan fingerprint density at radius 3 is 2.61 bits per heavy atom. The molecule has 1 amide bonds. The summed E-state index contributed by atoms with van der Waals surface area (Å²) < 4.78 is 24.9. The van der Waals surface area contributed by atoms with Crippen molar-refractivity contribution in [2.75, 3.05) is 18.9 Å². The van der Waals surface area contributed by atoms with Gasteiger partial charge in [0.2, 0.25) is 0 Å². The molecule has 0 aliphatic heterocycles. The summed E-state index contributed by atoms with van der Waals surface area (Å²) in [4.78, 5) is 16.2. The number of alkyl carbamates (subject to hydrolysis) is 1. The van der Waals surface area contributed by atoms with Gasteiger partial charge in [0.05, 0.1) is 29.4 Å². The van der Waals surface area contributed by atoms with Crippen LogP contribution in [0, 0.1) is 12.7 Å². The number of ether oxygens (including phenoxy) is 2. The molecule has 8 nitrogen and oxygen atoms in total. The Hall–Kier alpha value is -3.23. The van der Waals surface area contributed by atoms with Gasteiger partial charge in [0.25, 0.3) is 0 Å². The number of aryl methyl sites for hydroxylation is 1. The highest BCUT2D eigenvalue weighted by Gasteiger charge is 2.17. The summed E-state index contributed by atoms with van der Waals surface area (Å²) in [5.74, 6) is -0.0528. The van der Waals surface area contributed by atoms with Gasteiger partial charge < -0.3 is 20.5 Å². The van der Waals surface area contributed by atoms with Gasteiger partial charge in [-0.15, -0.1) is 0 Å². The lowest BCUT2D eigenvalue weighted by Crippen LogP contribution is -2.33. The topological polar surface area (TPSA) is 112 Å². The van der Waals surface area contributed by atoms with Crippen molar-refractivity contribution < 1.29 is 18.7 Å². The van der Waals surface area contributed by atoms with E-state index in [4.69, 9.17) is 15.2 Å². The first-order valence-corrected chi connectivity index (χ1v) is 10.1. The molecule has 0 bridgehead atoms. The molecule has 0 aliphatic rings. The van der Waals surface area contributed by atoms with Crippen LogP contribution in [0.2, 0.25) is 0 Å². The van der Waals surface area contributed by atoms with Crippen LogP contribution in [0.4, 0.5) is 20.6 Å². The molecule has 0 saturated heterocycles. The van der Waals surface area contributed by atoms with Gasteiger partial charge in [-0.2, -0.15) is 10.2 Å². The standard InChI is InChI=1S/C22H30FN5O3/c1-7-30-15-8-9-17(16(23)12-15)26-13(2)19-14(3)27-28-18(20(19)24)10-11-25-21(29)31-22(4,5)6/h8-9,12H,7,10-11H2,1-6H3,(H2,24,27)(H,25,29). The van der Waals surface area contributed by atoms with Gasteiger partial charge >= 0.3 is 6.09 Å². The van der Waals surface area contributed by atoms with Gasteiger partial charge in [0, 0.05) is 30.3 Å². The van der Waals surface area contributed by atoms with Crippen LogP contribution in [0.15, 0.2) is 23.2 Å². The van der Waals surface area contributed by atoms with E-state index < -0.39 is 17.5 Å². The van der Waals surface area contributed by atoms with Crippen molar-refractivity contribution in [2.24, 2.45) is 4.99 Å². The number of anilines is 1. The maximum atomic E-state index is 14.4. The van der Waals surface area contributed by atoms with Crippen molar-refractivity contribution in [3.05, 3.63) is 41.0 Å². The van der Waals surface area contributed by atoms with E-state index in [-0.39, 0.29) is 12.2 Å². The number of rotatable bonds is 7. The van der Waals surface area contributed by atoms with Crippen molar-refractivity contribution in [3.63, 3.8) is 0 Å².